The van der Waals surface area contributed by atoms with Gasteiger partial charge in [-0.25, -0.2) is 4.79 Å². The lowest BCUT2D eigenvalue weighted by atomic mass is 10.0. The van der Waals surface area contributed by atoms with E-state index in [1.807, 2.05) is 61.8 Å². The van der Waals surface area contributed by atoms with Gasteiger partial charge >= 0.3 is 6.03 Å². The van der Waals surface area contributed by atoms with Crippen LogP contribution in [0.15, 0.2) is 59.7 Å². The fourth-order valence-corrected chi connectivity index (χ4v) is 3.79. The van der Waals surface area contributed by atoms with Gasteiger partial charge in [0.15, 0.2) is 0 Å². The highest BCUT2D eigenvalue weighted by atomic mass is 16.2. The Morgan fingerprint density at radius 1 is 1.07 bits per heavy atom. The maximum absolute atomic E-state index is 12.6. The van der Waals surface area contributed by atoms with E-state index in [4.69, 9.17) is 0 Å². The molecule has 2 aliphatic rings. The number of aryl methyl sites for hydroxylation is 1. The van der Waals surface area contributed by atoms with Crippen molar-refractivity contribution in [1.82, 2.24) is 10.3 Å². The van der Waals surface area contributed by atoms with E-state index in [2.05, 4.69) is 21.4 Å². The number of aromatic amines is 1. The smallest absolute Gasteiger partial charge is 0.329 e. The fourth-order valence-electron chi connectivity index (χ4n) is 3.79. The van der Waals surface area contributed by atoms with Gasteiger partial charge in [0, 0.05) is 30.2 Å². The molecular weight excluding hydrogens is 352 g/mol. The minimum Gasteiger partial charge on any atom is -0.361 e. The molecule has 0 radical (unpaired) electrons. The summed E-state index contributed by atoms with van der Waals surface area (Å²) < 4.78 is 0. The summed E-state index contributed by atoms with van der Waals surface area (Å²) in [5.74, 6) is -0.322. The van der Waals surface area contributed by atoms with Crippen molar-refractivity contribution in [2.45, 2.75) is 19.4 Å². The van der Waals surface area contributed by atoms with Gasteiger partial charge in [0.1, 0.15) is 6.04 Å². The van der Waals surface area contributed by atoms with E-state index in [0.29, 0.717) is 5.69 Å². The second kappa shape index (κ2) is 6.20. The molecule has 3 amide bonds. The number of benzene rings is 2. The second-order valence-electron chi connectivity index (χ2n) is 7.11. The van der Waals surface area contributed by atoms with E-state index < -0.39 is 12.1 Å². The van der Waals surface area contributed by atoms with Crippen molar-refractivity contribution in [3.8, 4) is 11.3 Å². The number of nitrogens with one attached hydrogen (secondary N) is 2. The Labute approximate surface area is 161 Å². The summed E-state index contributed by atoms with van der Waals surface area (Å²) >= 11 is 0. The minimum atomic E-state index is -0.699. The van der Waals surface area contributed by atoms with Crippen LogP contribution in [0.1, 0.15) is 22.7 Å². The summed E-state index contributed by atoms with van der Waals surface area (Å²) in [5.41, 5.74) is 6.60. The van der Waals surface area contributed by atoms with E-state index >= 15 is 0 Å². The summed E-state index contributed by atoms with van der Waals surface area (Å²) in [6.45, 7) is 2.03. The number of aromatic nitrogens is 1. The zero-order chi connectivity index (χ0) is 19.3. The number of carbonyl (C=O) groups is 2. The number of aliphatic imine (C=N–C) groups is 1. The fraction of sp³-hybridized carbons (Fsp3) is 0.136. The number of anilines is 1. The Kier molecular flexibility index (Phi) is 3.65. The Morgan fingerprint density at radius 2 is 1.89 bits per heavy atom. The van der Waals surface area contributed by atoms with E-state index in [9.17, 15) is 9.59 Å². The van der Waals surface area contributed by atoms with Gasteiger partial charge in [0.25, 0.3) is 5.91 Å². The molecule has 3 heterocycles. The second-order valence-corrected chi connectivity index (χ2v) is 7.11. The molecule has 2 aromatic carbocycles. The Morgan fingerprint density at radius 3 is 2.64 bits per heavy atom. The predicted molar refractivity (Wildman–Crippen MR) is 108 cm³/mol. The average Bonchev–Trinajstić information content (AvgIpc) is 3.40. The zero-order valence-electron chi connectivity index (χ0n) is 15.3. The number of H-pyrrole nitrogens is 1. The van der Waals surface area contributed by atoms with Crippen molar-refractivity contribution in [3.05, 3.63) is 71.4 Å². The van der Waals surface area contributed by atoms with Gasteiger partial charge in [-0.05, 0) is 47.4 Å². The molecule has 138 valence electrons. The summed E-state index contributed by atoms with van der Waals surface area (Å²) in [5, 5.41) is 2.43. The van der Waals surface area contributed by atoms with Crippen molar-refractivity contribution < 1.29 is 9.59 Å². The monoisotopic (exact) mass is 370 g/mol. The standard InChI is InChI=1S/C22H18N4O2/c1-13-10-18(24-12-13)14-2-4-16(5-3-14)20-21(27)25-22(28)26(20)17-7-6-15-8-9-23-19(15)11-17/h2-7,9-12,20,24H,8H2,1H3,(H,25,27,28). The van der Waals surface area contributed by atoms with Gasteiger partial charge in [-0.3, -0.25) is 20.0 Å². The average molecular weight is 370 g/mol. The number of fused-ring (bicyclic) bond motifs is 1. The summed E-state index contributed by atoms with van der Waals surface area (Å²) in [4.78, 5) is 34.1. The third-order valence-electron chi connectivity index (χ3n) is 5.21. The van der Waals surface area contributed by atoms with Crippen molar-refractivity contribution in [2.24, 2.45) is 4.99 Å². The number of hydrogen-bond acceptors (Lipinski definition) is 3. The van der Waals surface area contributed by atoms with Gasteiger partial charge in [-0.2, -0.15) is 0 Å². The Bertz CT molecular complexity index is 1130. The number of rotatable bonds is 3. The van der Waals surface area contributed by atoms with Crippen molar-refractivity contribution in [2.75, 3.05) is 4.90 Å². The molecule has 2 N–H and O–H groups in total. The molecule has 0 aliphatic carbocycles. The number of nitrogens with zero attached hydrogens (tertiary/aromatic N) is 2. The van der Waals surface area contributed by atoms with E-state index in [0.717, 1.165) is 40.1 Å². The Balaban J connectivity index is 1.51. The highest BCUT2D eigenvalue weighted by Crippen LogP contribution is 2.36. The van der Waals surface area contributed by atoms with Crippen LogP contribution >= 0.6 is 0 Å². The molecule has 0 spiro atoms. The molecule has 0 bridgehead atoms. The first kappa shape index (κ1) is 16.5. The van der Waals surface area contributed by atoms with Crippen LogP contribution < -0.4 is 10.2 Å². The first-order chi connectivity index (χ1) is 13.6. The van der Waals surface area contributed by atoms with Crippen LogP contribution in [0.3, 0.4) is 0 Å². The minimum absolute atomic E-state index is 0.322. The molecular formula is C22H18N4O2. The van der Waals surface area contributed by atoms with Crippen LogP contribution in [0, 0.1) is 6.92 Å². The summed E-state index contributed by atoms with van der Waals surface area (Å²) in [6, 6.07) is 14.4. The summed E-state index contributed by atoms with van der Waals surface area (Å²) in [6.07, 6.45) is 4.59. The number of carbonyl (C=O) groups excluding carboxylic acids is 2. The maximum atomic E-state index is 12.6. The third-order valence-corrected chi connectivity index (χ3v) is 5.21. The van der Waals surface area contributed by atoms with Crippen LogP contribution in [-0.2, 0) is 11.2 Å². The SMILES string of the molecule is Cc1c[nH]c(-c2ccc(C3C(=O)NC(=O)N3c3ccc4c(c3)N=CC4)cc2)c1. The van der Waals surface area contributed by atoms with Crippen molar-refractivity contribution in [3.63, 3.8) is 0 Å². The molecule has 6 heteroatoms. The topological polar surface area (TPSA) is 77.6 Å². The normalized spacial score (nSPS) is 17.9. The van der Waals surface area contributed by atoms with E-state index in [1.165, 1.54) is 4.90 Å². The Hall–Kier alpha value is -3.67. The van der Waals surface area contributed by atoms with Crippen LogP contribution in [0.2, 0.25) is 0 Å². The van der Waals surface area contributed by atoms with Crippen LogP contribution in [0.4, 0.5) is 16.2 Å². The van der Waals surface area contributed by atoms with Gasteiger partial charge < -0.3 is 4.98 Å². The molecule has 1 fully saturated rings. The number of urea groups is 1. The molecule has 3 aromatic rings. The zero-order valence-corrected chi connectivity index (χ0v) is 15.3. The molecule has 1 atom stereocenters. The first-order valence-corrected chi connectivity index (χ1v) is 9.15. The number of amides is 3. The molecule has 1 aromatic heterocycles. The first-order valence-electron chi connectivity index (χ1n) is 9.15. The molecule has 5 rings (SSSR count). The maximum Gasteiger partial charge on any atom is 0.329 e. The lowest BCUT2D eigenvalue weighted by Crippen LogP contribution is -2.29. The van der Waals surface area contributed by atoms with Crippen LogP contribution in [-0.4, -0.2) is 23.1 Å². The van der Waals surface area contributed by atoms with Gasteiger partial charge in [-0.1, -0.05) is 30.3 Å². The molecule has 1 unspecified atom stereocenters. The lowest BCUT2D eigenvalue weighted by Gasteiger charge is -2.22. The molecule has 6 nitrogen and oxygen atoms in total. The molecule has 1 saturated heterocycles. The number of hydrogen-bond donors (Lipinski definition) is 2. The molecule has 0 saturated carbocycles. The quantitative estimate of drug-likeness (QED) is 0.683. The molecule has 2 aliphatic heterocycles. The largest absolute Gasteiger partial charge is 0.361 e. The highest BCUT2D eigenvalue weighted by Gasteiger charge is 2.40. The van der Waals surface area contributed by atoms with E-state index in [-0.39, 0.29) is 5.91 Å². The number of imide groups is 1. The predicted octanol–water partition coefficient (Wildman–Crippen LogP) is 4.05. The van der Waals surface area contributed by atoms with Crippen LogP contribution in [0.25, 0.3) is 11.3 Å². The van der Waals surface area contributed by atoms with Crippen molar-refractivity contribution >= 4 is 29.5 Å². The van der Waals surface area contributed by atoms with Crippen molar-refractivity contribution in [1.29, 1.82) is 0 Å². The highest BCUT2D eigenvalue weighted by molar-refractivity contribution is 6.14. The molecule has 28 heavy (non-hydrogen) atoms. The van der Waals surface area contributed by atoms with E-state index in [1.54, 1.807) is 0 Å². The lowest BCUT2D eigenvalue weighted by molar-refractivity contribution is -0.119. The van der Waals surface area contributed by atoms with Gasteiger partial charge in [0.2, 0.25) is 0 Å². The van der Waals surface area contributed by atoms with Crippen LogP contribution in [0.5, 0.6) is 0 Å². The summed E-state index contributed by atoms with van der Waals surface area (Å²) in [7, 11) is 0. The van der Waals surface area contributed by atoms with Gasteiger partial charge in [0.05, 0.1) is 5.69 Å². The van der Waals surface area contributed by atoms with Gasteiger partial charge in [-0.15, -0.1) is 0 Å². The third kappa shape index (κ3) is 2.62.